The van der Waals surface area contributed by atoms with E-state index in [1.54, 1.807) is 19.1 Å². The minimum absolute atomic E-state index is 0.0718. The van der Waals surface area contributed by atoms with E-state index in [0.29, 0.717) is 5.56 Å². The molecule has 0 N–H and O–H groups in total. The van der Waals surface area contributed by atoms with E-state index >= 15 is 0 Å². The normalized spacial score (nSPS) is 9.93. The predicted molar refractivity (Wildman–Crippen MR) is 47.1 cm³/mol. The molecule has 1 aromatic carbocycles. The van der Waals surface area contributed by atoms with E-state index < -0.39 is 6.61 Å². The molecular formula is C10H9F2NO. The number of ether oxygens (including phenoxy) is 1. The van der Waals surface area contributed by atoms with Crippen molar-refractivity contribution >= 4 is 0 Å². The van der Waals surface area contributed by atoms with E-state index in [1.165, 1.54) is 6.07 Å². The van der Waals surface area contributed by atoms with Crippen LogP contribution in [-0.2, 0) is 6.42 Å². The zero-order valence-electron chi connectivity index (χ0n) is 7.63. The first kappa shape index (κ1) is 10.5. The maximum Gasteiger partial charge on any atom is 0.387 e. The summed E-state index contributed by atoms with van der Waals surface area (Å²) in [7, 11) is 0. The van der Waals surface area contributed by atoms with E-state index in [1.807, 2.05) is 6.07 Å². The Hall–Kier alpha value is -1.63. The third kappa shape index (κ3) is 2.70. The molecule has 0 aromatic heterocycles. The molecule has 4 heteroatoms. The summed E-state index contributed by atoms with van der Waals surface area (Å²) in [4.78, 5) is 0. The van der Waals surface area contributed by atoms with E-state index in [-0.39, 0.29) is 12.2 Å². The molecule has 0 aliphatic heterocycles. The summed E-state index contributed by atoms with van der Waals surface area (Å²) in [5.74, 6) is 0.0848. The molecular weight excluding hydrogens is 188 g/mol. The molecule has 1 rings (SSSR count). The second kappa shape index (κ2) is 4.56. The van der Waals surface area contributed by atoms with Crippen LogP contribution in [0, 0.1) is 18.3 Å². The highest BCUT2D eigenvalue weighted by Gasteiger charge is 2.09. The Morgan fingerprint density at radius 3 is 2.79 bits per heavy atom. The summed E-state index contributed by atoms with van der Waals surface area (Å²) < 4.78 is 28.2. The van der Waals surface area contributed by atoms with Gasteiger partial charge in [-0.2, -0.15) is 14.0 Å². The zero-order chi connectivity index (χ0) is 10.6. The first-order valence-corrected chi connectivity index (χ1v) is 4.05. The molecule has 0 aliphatic carbocycles. The van der Waals surface area contributed by atoms with Gasteiger partial charge in [0, 0.05) is 5.56 Å². The fourth-order valence-corrected chi connectivity index (χ4v) is 1.10. The summed E-state index contributed by atoms with van der Waals surface area (Å²) in [5.41, 5.74) is 1.31. The molecule has 0 fully saturated rings. The van der Waals surface area contributed by atoms with Crippen LogP contribution in [0.5, 0.6) is 5.75 Å². The van der Waals surface area contributed by atoms with Gasteiger partial charge >= 0.3 is 6.61 Å². The molecule has 0 bridgehead atoms. The average Bonchev–Trinajstić information content (AvgIpc) is 2.09. The van der Waals surface area contributed by atoms with Gasteiger partial charge in [0.15, 0.2) is 0 Å². The second-order valence-electron chi connectivity index (χ2n) is 2.82. The fraction of sp³-hybridized carbons (Fsp3) is 0.300. The highest BCUT2D eigenvalue weighted by Crippen LogP contribution is 2.22. The quantitative estimate of drug-likeness (QED) is 0.746. The lowest BCUT2D eigenvalue weighted by molar-refractivity contribution is -0.0503. The lowest BCUT2D eigenvalue weighted by Crippen LogP contribution is -2.04. The van der Waals surface area contributed by atoms with Gasteiger partial charge in [0.2, 0.25) is 0 Å². The number of benzene rings is 1. The smallest absolute Gasteiger partial charge is 0.387 e. The van der Waals surface area contributed by atoms with E-state index in [2.05, 4.69) is 4.74 Å². The number of halogens is 2. The van der Waals surface area contributed by atoms with Crippen LogP contribution >= 0.6 is 0 Å². The summed E-state index contributed by atoms with van der Waals surface area (Å²) in [6, 6.07) is 6.77. The Balaban J connectivity index is 2.97. The summed E-state index contributed by atoms with van der Waals surface area (Å²) in [5, 5.41) is 8.45. The van der Waals surface area contributed by atoms with Gasteiger partial charge in [-0.1, -0.05) is 12.1 Å². The Morgan fingerprint density at radius 1 is 1.50 bits per heavy atom. The van der Waals surface area contributed by atoms with Crippen molar-refractivity contribution in [3.05, 3.63) is 29.3 Å². The van der Waals surface area contributed by atoms with Crippen molar-refractivity contribution in [3.63, 3.8) is 0 Å². The van der Waals surface area contributed by atoms with Gasteiger partial charge in [0.05, 0.1) is 12.5 Å². The highest BCUT2D eigenvalue weighted by atomic mass is 19.3. The predicted octanol–water partition coefficient (Wildman–Crippen LogP) is 2.66. The number of rotatable bonds is 3. The maximum absolute atomic E-state index is 12.0. The van der Waals surface area contributed by atoms with E-state index in [4.69, 9.17) is 5.26 Å². The van der Waals surface area contributed by atoms with E-state index in [0.717, 1.165) is 5.56 Å². The van der Waals surface area contributed by atoms with Gasteiger partial charge in [-0.05, 0) is 18.6 Å². The van der Waals surface area contributed by atoms with Crippen molar-refractivity contribution in [3.8, 4) is 11.8 Å². The molecule has 2 nitrogen and oxygen atoms in total. The largest absolute Gasteiger partial charge is 0.434 e. The number of nitriles is 1. The Bertz CT molecular complexity index is 358. The summed E-state index contributed by atoms with van der Waals surface area (Å²) >= 11 is 0. The van der Waals surface area contributed by atoms with Crippen LogP contribution in [-0.4, -0.2) is 6.61 Å². The van der Waals surface area contributed by atoms with Gasteiger partial charge in [-0.25, -0.2) is 0 Å². The molecule has 0 amide bonds. The van der Waals surface area contributed by atoms with Gasteiger partial charge in [0.25, 0.3) is 0 Å². The number of aryl methyl sites for hydroxylation is 1. The summed E-state index contributed by atoms with van der Waals surface area (Å²) in [6.07, 6.45) is 0.0718. The number of hydrogen-bond acceptors (Lipinski definition) is 2. The molecule has 0 heterocycles. The van der Waals surface area contributed by atoms with Gasteiger partial charge in [-0.15, -0.1) is 0 Å². The van der Waals surface area contributed by atoms with Crippen molar-refractivity contribution in [2.45, 2.75) is 20.0 Å². The monoisotopic (exact) mass is 197 g/mol. The summed E-state index contributed by atoms with van der Waals surface area (Å²) in [6.45, 7) is -1.08. The number of alkyl halides is 2. The van der Waals surface area contributed by atoms with Gasteiger partial charge in [0.1, 0.15) is 5.75 Å². The molecule has 0 unspecified atom stereocenters. The molecule has 14 heavy (non-hydrogen) atoms. The SMILES string of the molecule is Cc1ccc(CC#N)c(OC(F)F)c1. The number of hydrogen-bond donors (Lipinski definition) is 0. The molecule has 0 atom stereocenters. The van der Waals surface area contributed by atoms with Crippen LogP contribution in [0.3, 0.4) is 0 Å². The zero-order valence-corrected chi connectivity index (χ0v) is 7.63. The maximum atomic E-state index is 12.0. The third-order valence-corrected chi connectivity index (χ3v) is 1.71. The van der Waals surface area contributed by atoms with Crippen molar-refractivity contribution in [1.82, 2.24) is 0 Å². The van der Waals surface area contributed by atoms with Crippen molar-refractivity contribution in [1.29, 1.82) is 5.26 Å². The van der Waals surface area contributed by atoms with E-state index in [9.17, 15) is 8.78 Å². The standard InChI is InChI=1S/C10H9F2NO/c1-7-2-3-8(4-5-13)9(6-7)14-10(11)12/h2-3,6,10H,4H2,1H3. The Kier molecular flexibility index (Phi) is 3.41. The lowest BCUT2D eigenvalue weighted by Gasteiger charge is -2.09. The van der Waals surface area contributed by atoms with Crippen LogP contribution < -0.4 is 4.74 Å². The molecule has 0 aliphatic rings. The fourth-order valence-electron chi connectivity index (χ4n) is 1.10. The molecule has 0 saturated carbocycles. The molecule has 1 aromatic rings. The lowest BCUT2D eigenvalue weighted by atomic mass is 10.1. The molecule has 0 saturated heterocycles. The van der Waals surface area contributed by atoms with Crippen LogP contribution in [0.4, 0.5) is 8.78 Å². The van der Waals surface area contributed by atoms with Crippen LogP contribution in [0.2, 0.25) is 0 Å². The van der Waals surface area contributed by atoms with Crippen LogP contribution in [0.1, 0.15) is 11.1 Å². The van der Waals surface area contributed by atoms with Gasteiger partial charge < -0.3 is 4.74 Å². The minimum atomic E-state index is -2.85. The van der Waals surface area contributed by atoms with Crippen molar-refractivity contribution < 1.29 is 13.5 Å². The minimum Gasteiger partial charge on any atom is -0.434 e. The Morgan fingerprint density at radius 2 is 2.21 bits per heavy atom. The first-order chi connectivity index (χ1) is 6.63. The van der Waals surface area contributed by atoms with Crippen LogP contribution in [0.15, 0.2) is 18.2 Å². The van der Waals surface area contributed by atoms with Crippen LogP contribution in [0.25, 0.3) is 0 Å². The molecule has 0 radical (unpaired) electrons. The number of nitrogens with zero attached hydrogens (tertiary/aromatic N) is 1. The van der Waals surface area contributed by atoms with Crippen molar-refractivity contribution in [2.75, 3.05) is 0 Å². The van der Waals surface area contributed by atoms with Gasteiger partial charge in [-0.3, -0.25) is 0 Å². The molecule has 74 valence electrons. The second-order valence-corrected chi connectivity index (χ2v) is 2.82. The highest BCUT2D eigenvalue weighted by molar-refractivity contribution is 5.38. The topological polar surface area (TPSA) is 33.0 Å². The third-order valence-electron chi connectivity index (χ3n) is 1.71. The molecule has 0 spiro atoms. The van der Waals surface area contributed by atoms with Crippen molar-refractivity contribution in [2.24, 2.45) is 0 Å². The Labute approximate surface area is 80.7 Å². The first-order valence-electron chi connectivity index (χ1n) is 4.05. The average molecular weight is 197 g/mol.